The predicted molar refractivity (Wildman–Crippen MR) is 95.7 cm³/mol. The monoisotopic (exact) mass is 359 g/mol. The molecule has 0 aromatic heterocycles. The van der Waals surface area contributed by atoms with Crippen LogP contribution in [0.3, 0.4) is 0 Å². The van der Waals surface area contributed by atoms with E-state index in [4.69, 9.17) is 0 Å². The van der Waals surface area contributed by atoms with Gasteiger partial charge in [0.2, 0.25) is 0 Å². The van der Waals surface area contributed by atoms with Crippen LogP contribution in [0.4, 0.5) is 0 Å². The third-order valence-electron chi connectivity index (χ3n) is 4.95. The molecule has 2 aromatic rings. The van der Waals surface area contributed by atoms with Gasteiger partial charge < -0.3 is 0 Å². The maximum absolute atomic E-state index is 2.74. The molecule has 1 aliphatic rings. The third-order valence-corrected chi connectivity index (χ3v) is 7.38. The van der Waals surface area contributed by atoms with E-state index in [2.05, 4.69) is 79.4 Å². The minimum atomic E-state index is 0.396. The maximum atomic E-state index is 2.74. The summed E-state index contributed by atoms with van der Waals surface area (Å²) in [6, 6.07) is 22.7. The summed E-state index contributed by atoms with van der Waals surface area (Å²) in [5.74, 6) is 0. The number of nitrogens with zero attached hydrogens (tertiary/aromatic N) is 1. The normalized spacial score (nSPS) is 24.9. The molecule has 0 aliphatic carbocycles. The number of hydrogen-bond acceptors (Lipinski definition) is 1. The van der Waals surface area contributed by atoms with E-state index in [1.807, 2.05) is 0 Å². The molecule has 0 unspecified atom stereocenters. The molecular formula is C20H25NSe. The van der Waals surface area contributed by atoms with Gasteiger partial charge in [0.1, 0.15) is 0 Å². The van der Waals surface area contributed by atoms with Crippen LogP contribution in [0.2, 0.25) is 5.32 Å². The zero-order chi connectivity index (χ0) is 15.4. The van der Waals surface area contributed by atoms with Crippen LogP contribution in [0.5, 0.6) is 0 Å². The first-order valence-electron chi connectivity index (χ1n) is 8.20. The average Bonchev–Trinajstić information content (AvgIpc) is 2.58. The molecule has 1 nitrogen and oxygen atoms in total. The molecule has 22 heavy (non-hydrogen) atoms. The van der Waals surface area contributed by atoms with Crippen LogP contribution in [-0.2, 0) is 6.54 Å². The standard InChI is InChI=1S/C20H25NSe/c1-3-20(2)14-18(16-22-19-12-8-5-9-13-19)21(20)15-17-10-6-4-7-11-17/h4-13,18H,3,14-16H2,1-2H3/t18-,20+/m0/s1. The van der Waals surface area contributed by atoms with Crippen molar-refractivity contribution in [2.24, 2.45) is 0 Å². The molecule has 3 rings (SSSR count). The van der Waals surface area contributed by atoms with E-state index in [0.717, 1.165) is 12.6 Å². The Morgan fingerprint density at radius 2 is 1.68 bits per heavy atom. The average molecular weight is 358 g/mol. The van der Waals surface area contributed by atoms with Crippen LogP contribution < -0.4 is 4.46 Å². The molecule has 0 N–H and O–H groups in total. The quantitative estimate of drug-likeness (QED) is 0.709. The summed E-state index contributed by atoms with van der Waals surface area (Å²) < 4.78 is 1.53. The van der Waals surface area contributed by atoms with E-state index in [1.54, 1.807) is 0 Å². The van der Waals surface area contributed by atoms with Crippen molar-refractivity contribution in [1.29, 1.82) is 0 Å². The van der Waals surface area contributed by atoms with Crippen LogP contribution in [-0.4, -0.2) is 31.4 Å². The van der Waals surface area contributed by atoms with Gasteiger partial charge >= 0.3 is 141 Å². The van der Waals surface area contributed by atoms with Crippen molar-refractivity contribution in [1.82, 2.24) is 4.90 Å². The molecule has 1 aliphatic heterocycles. The van der Waals surface area contributed by atoms with E-state index in [1.165, 1.54) is 28.2 Å². The Bertz CT molecular complexity index is 583. The molecule has 1 fully saturated rings. The molecule has 116 valence electrons. The van der Waals surface area contributed by atoms with Gasteiger partial charge in [-0.1, -0.05) is 0 Å². The number of rotatable bonds is 6. The van der Waals surface area contributed by atoms with Gasteiger partial charge in [-0.15, -0.1) is 0 Å². The topological polar surface area (TPSA) is 3.24 Å². The van der Waals surface area contributed by atoms with Gasteiger partial charge in [-0.3, -0.25) is 0 Å². The summed E-state index contributed by atoms with van der Waals surface area (Å²) in [6.07, 6.45) is 2.60. The fourth-order valence-electron chi connectivity index (χ4n) is 3.37. The van der Waals surface area contributed by atoms with E-state index in [9.17, 15) is 0 Å². The summed E-state index contributed by atoms with van der Waals surface area (Å²) in [6.45, 7) is 5.86. The zero-order valence-electron chi connectivity index (χ0n) is 13.5. The molecule has 0 saturated carbocycles. The second-order valence-corrected chi connectivity index (χ2v) is 8.74. The summed E-state index contributed by atoms with van der Waals surface area (Å²) in [5.41, 5.74) is 1.84. The fraction of sp³-hybridized carbons (Fsp3) is 0.400. The van der Waals surface area contributed by atoms with Crippen molar-refractivity contribution < 1.29 is 0 Å². The van der Waals surface area contributed by atoms with Crippen molar-refractivity contribution in [2.75, 3.05) is 0 Å². The second kappa shape index (κ2) is 7.00. The molecule has 0 spiro atoms. The first kappa shape index (κ1) is 15.8. The Labute approximate surface area is 140 Å². The number of likely N-dealkylation sites (tertiary alicyclic amines) is 1. The molecule has 1 heterocycles. The molecule has 2 heteroatoms. The van der Waals surface area contributed by atoms with Crippen LogP contribution in [0, 0.1) is 0 Å². The van der Waals surface area contributed by atoms with Crippen molar-refractivity contribution in [2.45, 2.75) is 50.1 Å². The van der Waals surface area contributed by atoms with Crippen molar-refractivity contribution >= 4 is 19.4 Å². The van der Waals surface area contributed by atoms with E-state index < -0.39 is 0 Å². The van der Waals surface area contributed by atoms with Gasteiger partial charge in [-0.25, -0.2) is 0 Å². The molecule has 0 bridgehead atoms. The minimum absolute atomic E-state index is 0.396. The Kier molecular flexibility index (Phi) is 5.03. The zero-order valence-corrected chi connectivity index (χ0v) is 15.2. The van der Waals surface area contributed by atoms with Crippen LogP contribution in [0.15, 0.2) is 60.7 Å². The van der Waals surface area contributed by atoms with Gasteiger partial charge in [-0.05, 0) is 0 Å². The van der Waals surface area contributed by atoms with Crippen LogP contribution in [0.1, 0.15) is 32.3 Å². The summed E-state index contributed by atoms with van der Waals surface area (Å²) in [7, 11) is 0. The Balaban J connectivity index is 1.64. The Hall–Kier alpha value is -1.08. The van der Waals surface area contributed by atoms with Crippen molar-refractivity contribution in [3.63, 3.8) is 0 Å². The molecular weight excluding hydrogens is 333 g/mol. The number of hydrogen-bond donors (Lipinski definition) is 0. The van der Waals surface area contributed by atoms with Crippen molar-refractivity contribution in [3.05, 3.63) is 66.2 Å². The molecule has 2 aromatic carbocycles. The van der Waals surface area contributed by atoms with E-state index in [0.29, 0.717) is 20.5 Å². The third kappa shape index (κ3) is 3.46. The van der Waals surface area contributed by atoms with Gasteiger partial charge in [-0.2, -0.15) is 0 Å². The first-order valence-corrected chi connectivity index (χ1v) is 10.3. The van der Waals surface area contributed by atoms with Crippen LogP contribution in [0.25, 0.3) is 0 Å². The molecule has 0 radical (unpaired) electrons. The number of benzene rings is 2. The SMILES string of the molecule is CC[C@]1(C)C[C@@H](C[Se]c2ccccc2)N1Cc1ccccc1. The Morgan fingerprint density at radius 1 is 1.05 bits per heavy atom. The van der Waals surface area contributed by atoms with Crippen molar-refractivity contribution in [3.8, 4) is 0 Å². The van der Waals surface area contributed by atoms with Gasteiger partial charge in [0.25, 0.3) is 0 Å². The first-order chi connectivity index (χ1) is 10.7. The Morgan fingerprint density at radius 3 is 2.32 bits per heavy atom. The predicted octanol–water partition coefficient (Wildman–Crippen LogP) is 3.88. The molecule has 2 atom stereocenters. The summed E-state index contributed by atoms with van der Waals surface area (Å²) in [5, 5.41) is 1.33. The molecule has 1 saturated heterocycles. The molecule has 0 amide bonds. The van der Waals surface area contributed by atoms with Gasteiger partial charge in [0.15, 0.2) is 0 Å². The van der Waals surface area contributed by atoms with E-state index in [-0.39, 0.29) is 0 Å². The fourth-order valence-corrected chi connectivity index (χ4v) is 5.53. The van der Waals surface area contributed by atoms with Crippen LogP contribution >= 0.6 is 0 Å². The van der Waals surface area contributed by atoms with Gasteiger partial charge in [0.05, 0.1) is 0 Å². The second-order valence-electron chi connectivity index (χ2n) is 6.45. The summed E-state index contributed by atoms with van der Waals surface area (Å²) in [4.78, 5) is 2.74. The summed E-state index contributed by atoms with van der Waals surface area (Å²) >= 11 is 0.593. The van der Waals surface area contributed by atoms with E-state index >= 15 is 0 Å². The van der Waals surface area contributed by atoms with Gasteiger partial charge in [0, 0.05) is 0 Å².